The second-order valence-electron chi connectivity index (χ2n) is 5.95. The van der Waals surface area contributed by atoms with Crippen molar-refractivity contribution in [2.24, 2.45) is 0 Å². The minimum Gasteiger partial charge on any atom is -0.257 e. The van der Waals surface area contributed by atoms with Crippen LogP contribution in [0.4, 0.5) is 4.39 Å². The van der Waals surface area contributed by atoms with Gasteiger partial charge >= 0.3 is 0 Å². The molecule has 1 aliphatic heterocycles. The van der Waals surface area contributed by atoms with Gasteiger partial charge < -0.3 is 0 Å². The first kappa shape index (κ1) is 17.0. The average molecular weight is 349 g/mol. The highest BCUT2D eigenvalue weighted by Crippen LogP contribution is 2.22. The largest absolute Gasteiger partial charge is 0.282 e. The normalized spacial score (nSPS) is 16.3. The number of benzene rings is 1. The van der Waals surface area contributed by atoms with Crippen LogP contribution in [0.2, 0.25) is 0 Å². The van der Waals surface area contributed by atoms with Gasteiger partial charge in [0.1, 0.15) is 6.17 Å². The summed E-state index contributed by atoms with van der Waals surface area (Å²) in [6, 6.07) is 14.9. The van der Waals surface area contributed by atoms with E-state index in [0.29, 0.717) is 5.69 Å². The molecule has 128 valence electrons. The number of nitrogens with zero attached hydrogens (tertiary/aromatic N) is 3. The van der Waals surface area contributed by atoms with Crippen molar-refractivity contribution in [1.29, 1.82) is 0 Å². The lowest BCUT2D eigenvalue weighted by Gasteiger charge is -2.37. The molecule has 2 aromatic rings. The summed E-state index contributed by atoms with van der Waals surface area (Å²) in [6.07, 6.45) is -1.07. The zero-order valence-corrected chi connectivity index (χ0v) is 14.3. The van der Waals surface area contributed by atoms with E-state index in [-0.39, 0.29) is 26.2 Å². The summed E-state index contributed by atoms with van der Waals surface area (Å²) in [5.74, 6) is 0. The minimum atomic E-state index is -3.72. The van der Waals surface area contributed by atoms with Crippen LogP contribution in [0, 0.1) is 6.92 Å². The molecule has 1 fully saturated rings. The molecule has 3 rings (SSSR count). The van der Waals surface area contributed by atoms with E-state index in [2.05, 4.69) is 4.98 Å². The lowest BCUT2D eigenvalue weighted by atomic mass is 10.2. The van der Waals surface area contributed by atoms with E-state index < -0.39 is 16.4 Å². The fraction of sp³-hybridized carbons (Fsp3) is 0.353. The molecule has 0 atom stereocenters. The van der Waals surface area contributed by atoms with Gasteiger partial charge in [0.25, 0.3) is 10.2 Å². The number of alkyl halides is 1. The summed E-state index contributed by atoms with van der Waals surface area (Å²) in [5, 5.41) is 0. The number of hydrogen-bond donors (Lipinski definition) is 0. The van der Waals surface area contributed by atoms with Crippen LogP contribution >= 0.6 is 0 Å². The van der Waals surface area contributed by atoms with Gasteiger partial charge in [0.2, 0.25) is 0 Å². The second-order valence-corrected chi connectivity index (χ2v) is 7.87. The molecular formula is C17H20FN3O2S. The van der Waals surface area contributed by atoms with Crippen molar-refractivity contribution in [3.63, 3.8) is 0 Å². The van der Waals surface area contributed by atoms with Crippen LogP contribution in [0.15, 0.2) is 48.5 Å². The number of halogens is 1. The topological polar surface area (TPSA) is 53.5 Å². The highest BCUT2D eigenvalue weighted by atomic mass is 32.2. The Kier molecular flexibility index (Phi) is 4.93. The quantitative estimate of drug-likeness (QED) is 0.804. The van der Waals surface area contributed by atoms with Crippen molar-refractivity contribution in [2.45, 2.75) is 26.2 Å². The average Bonchev–Trinajstić information content (AvgIpc) is 2.52. The van der Waals surface area contributed by atoms with E-state index >= 15 is 0 Å². The molecule has 1 aliphatic rings. The van der Waals surface area contributed by atoms with E-state index in [1.165, 1.54) is 8.61 Å². The van der Waals surface area contributed by atoms with Gasteiger partial charge in [-0.1, -0.05) is 36.4 Å². The molecule has 1 aromatic carbocycles. The van der Waals surface area contributed by atoms with Gasteiger partial charge in [-0.2, -0.15) is 17.0 Å². The molecule has 0 bridgehead atoms. The van der Waals surface area contributed by atoms with Gasteiger partial charge in [0.05, 0.1) is 12.2 Å². The highest BCUT2D eigenvalue weighted by Gasteiger charge is 2.39. The van der Waals surface area contributed by atoms with Gasteiger partial charge in [-0.15, -0.1) is 0 Å². The van der Waals surface area contributed by atoms with E-state index in [1.54, 1.807) is 6.07 Å². The molecule has 0 amide bonds. The molecule has 0 radical (unpaired) electrons. The Labute approximate surface area is 141 Å². The van der Waals surface area contributed by atoms with E-state index in [1.807, 2.05) is 49.4 Å². The maximum absolute atomic E-state index is 13.1. The van der Waals surface area contributed by atoms with Gasteiger partial charge in [-0.05, 0) is 24.6 Å². The second kappa shape index (κ2) is 6.96. The van der Waals surface area contributed by atoms with Crippen molar-refractivity contribution >= 4 is 10.2 Å². The van der Waals surface area contributed by atoms with Crippen LogP contribution in [0.25, 0.3) is 0 Å². The Morgan fingerprint density at radius 2 is 1.83 bits per heavy atom. The van der Waals surface area contributed by atoms with Crippen LogP contribution in [0.3, 0.4) is 0 Å². The predicted octanol–water partition coefficient (Wildman–Crippen LogP) is 2.29. The number of hydrogen-bond acceptors (Lipinski definition) is 3. The standard InChI is InChI=1S/C17H20FN3O2S/c1-14-6-5-9-17(19-14)13-20(10-15-7-3-2-4-8-15)24(22,23)21-11-16(18)12-21/h2-9,16H,10-13H2,1H3. The molecule has 1 aromatic heterocycles. The summed E-state index contributed by atoms with van der Waals surface area (Å²) in [4.78, 5) is 4.39. The number of aryl methyl sites for hydroxylation is 1. The lowest BCUT2D eigenvalue weighted by Crippen LogP contribution is -2.55. The SMILES string of the molecule is Cc1cccc(CN(Cc2ccccc2)S(=O)(=O)N2CC(F)C2)n1. The molecule has 5 nitrogen and oxygen atoms in total. The summed E-state index contributed by atoms with van der Waals surface area (Å²) in [5.41, 5.74) is 2.38. The van der Waals surface area contributed by atoms with Crippen LogP contribution in [0.1, 0.15) is 17.0 Å². The van der Waals surface area contributed by atoms with E-state index in [9.17, 15) is 12.8 Å². The number of pyridine rings is 1. The Morgan fingerprint density at radius 1 is 1.12 bits per heavy atom. The highest BCUT2D eigenvalue weighted by molar-refractivity contribution is 7.86. The summed E-state index contributed by atoms with van der Waals surface area (Å²) in [7, 11) is -3.72. The van der Waals surface area contributed by atoms with Gasteiger partial charge in [0.15, 0.2) is 0 Å². The van der Waals surface area contributed by atoms with Crippen molar-refractivity contribution in [2.75, 3.05) is 13.1 Å². The van der Waals surface area contributed by atoms with Gasteiger partial charge in [0, 0.05) is 25.3 Å². The molecule has 0 spiro atoms. The maximum Gasteiger partial charge on any atom is 0.282 e. The number of rotatable bonds is 6. The number of aromatic nitrogens is 1. The molecule has 0 N–H and O–H groups in total. The Balaban J connectivity index is 1.85. The third-order valence-electron chi connectivity index (χ3n) is 3.94. The third kappa shape index (κ3) is 3.80. The first-order valence-corrected chi connectivity index (χ1v) is 9.20. The zero-order valence-electron chi connectivity index (χ0n) is 13.5. The monoisotopic (exact) mass is 349 g/mol. The van der Waals surface area contributed by atoms with Crippen LogP contribution < -0.4 is 0 Å². The molecule has 24 heavy (non-hydrogen) atoms. The lowest BCUT2D eigenvalue weighted by molar-refractivity contribution is 0.131. The first-order valence-electron chi connectivity index (χ1n) is 7.81. The minimum absolute atomic E-state index is 0.0745. The Hall–Kier alpha value is -1.83. The van der Waals surface area contributed by atoms with Crippen LogP contribution in [-0.4, -0.2) is 41.3 Å². The first-order chi connectivity index (χ1) is 11.4. The van der Waals surface area contributed by atoms with Crippen molar-refractivity contribution < 1.29 is 12.8 Å². The summed E-state index contributed by atoms with van der Waals surface area (Å²) < 4.78 is 41.3. The van der Waals surface area contributed by atoms with E-state index in [4.69, 9.17) is 0 Å². The van der Waals surface area contributed by atoms with Crippen molar-refractivity contribution in [3.05, 3.63) is 65.5 Å². The molecular weight excluding hydrogens is 329 g/mol. The summed E-state index contributed by atoms with van der Waals surface area (Å²) >= 11 is 0. The van der Waals surface area contributed by atoms with Gasteiger partial charge in [-0.3, -0.25) is 4.98 Å². The zero-order chi connectivity index (χ0) is 17.2. The molecule has 0 saturated carbocycles. The van der Waals surface area contributed by atoms with Gasteiger partial charge in [-0.25, -0.2) is 4.39 Å². The van der Waals surface area contributed by atoms with E-state index in [0.717, 1.165) is 11.3 Å². The van der Waals surface area contributed by atoms with Crippen LogP contribution in [-0.2, 0) is 23.3 Å². The Morgan fingerprint density at radius 3 is 2.46 bits per heavy atom. The van der Waals surface area contributed by atoms with Crippen molar-refractivity contribution in [1.82, 2.24) is 13.6 Å². The molecule has 0 unspecified atom stereocenters. The van der Waals surface area contributed by atoms with Crippen LogP contribution in [0.5, 0.6) is 0 Å². The molecule has 2 heterocycles. The predicted molar refractivity (Wildman–Crippen MR) is 90.1 cm³/mol. The molecule has 1 saturated heterocycles. The third-order valence-corrected chi connectivity index (χ3v) is 5.80. The van der Waals surface area contributed by atoms with Crippen molar-refractivity contribution in [3.8, 4) is 0 Å². The summed E-state index contributed by atoms with van der Waals surface area (Å²) in [6.45, 7) is 2.10. The smallest absolute Gasteiger partial charge is 0.257 e. The Bertz CT molecular complexity index is 792. The fourth-order valence-corrected chi connectivity index (χ4v) is 4.25. The molecule has 7 heteroatoms. The molecule has 0 aliphatic carbocycles. The fourth-order valence-electron chi connectivity index (χ4n) is 2.61. The maximum atomic E-state index is 13.1.